The molecule has 1 N–H and O–H groups in total. The third kappa shape index (κ3) is 3.11. The Kier molecular flexibility index (Phi) is 3.92. The van der Waals surface area contributed by atoms with Gasteiger partial charge in [-0.05, 0) is 32.9 Å². The zero-order chi connectivity index (χ0) is 10.7. The number of amidine groups is 1. The van der Waals surface area contributed by atoms with Gasteiger partial charge in [0, 0.05) is 18.3 Å². The highest BCUT2D eigenvalue weighted by Gasteiger charge is 2.22. The van der Waals surface area contributed by atoms with Crippen LogP contribution < -0.4 is 5.32 Å². The van der Waals surface area contributed by atoms with Crippen molar-refractivity contribution < 1.29 is 0 Å². The van der Waals surface area contributed by atoms with Crippen LogP contribution in [-0.4, -0.2) is 48.0 Å². The minimum Gasteiger partial charge on any atom is -0.361 e. The van der Waals surface area contributed by atoms with Crippen molar-refractivity contribution in [3.63, 3.8) is 0 Å². The summed E-state index contributed by atoms with van der Waals surface area (Å²) in [5, 5.41) is 4.77. The fourth-order valence-electron chi connectivity index (χ4n) is 2.16. The van der Waals surface area contributed by atoms with Crippen molar-refractivity contribution in [3.05, 3.63) is 0 Å². The molecule has 3 nitrogen and oxygen atoms in total. The number of thioether (sulfide) groups is 1. The molecule has 0 amide bonds. The van der Waals surface area contributed by atoms with Crippen molar-refractivity contribution in [2.75, 3.05) is 25.9 Å². The van der Waals surface area contributed by atoms with Crippen LogP contribution in [0.3, 0.4) is 0 Å². The van der Waals surface area contributed by atoms with E-state index in [-0.39, 0.29) is 0 Å². The minimum atomic E-state index is 0.563. The van der Waals surface area contributed by atoms with Gasteiger partial charge in [0.2, 0.25) is 0 Å². The molecule has 15 heavy (non-hydrogen) atoms. The van der Waals surface area contributed by atoms with Crippen LogP contribution in [-0.2, 0) is 0 Å². The van der Waals surface area contributed by atoms with Gasteiger partial charge >= 0.3 is 0 Å². The lowest BCUT2D eigenvalue weighted by atomic mass is 10.2. The Bertz CT molecular complexity index is 242. The highest BCUT2D eigenvalue weighted by molar-refractivity contribution is 8.13. The summed E-state index contributed by atoms with van der Waals surface area (Å²) in [6.45, 7) is 4.61. The molecule has 0 aromatic heterocycles. The highest BCUT2D eigenvalue weighted by Crippen LogP contribution is 2.19. The molecule has 2 aliphatic rings. The lowest BCUT2D eigenvalue weighted by Crippen LogP contribution is -2.37. The predicted octanol–water partition coefficient (Wildman–Crippen LogP) is 1.55. The SMILES string of the molecule is CCC1CCSC(NC2CCN(C)C2)=N1. The van der Waals surface area contributed by atoms with Gasteiger partial charge < -0.3 is 10.2 Å². The van der Waals surface area contributed by atoms with Crippen LogP contribution in [0.1, 0.15) is 26.2 Å². The van der Waals surface area contributed by atoms with Gasteiger partial charge in [-0.1, -0.05) is 18.7 Å². The quantitative estimate of drug-likeness (QED) is 0.775. The summed E-state index contributed by atoms with van der Waals surface area (Å²) in [6.07, 6.45) is 3.68. The molecule has 2 heterocycles. The van der Waals surface area contributed by atoms with Crippen LogP contribution in [0.15, 0.2) is 4.99 Å². The molecule has 2 unspecified atom stereocenters. The molecule has 0 aromatic carbocycles. The number of nitrogens with zero attached hydrogens (tertiary/aromatic N) is 2. The summed E-state index contributed by atoms with van der Waals surface area (Å²) in [6, 6.07) is 1.18. The average molecular weight is 227 g/mol. The van der Waals surface area contributed by atoms with E-state index in [9.17, 15) is 0 Å². The molecule has 2 aliphatic heterocycles. The summed E-state index contributed by atoms with van der Waals surface area (Å²) >= 11 is 1.89. The van der Waals surface area contributed by atoms with Gasteiger partial charge in [-0.2, -0.15) is 0 Å². The van der Waals surface area contributed by atoms with Gasteiger partial charge in [-0.25, -0.2) is 0 Å². The number of aliphatic imine (C=N–C) groups is 1. The number of likely N-dealkylation sites (tertiary alicyclic amines) is 1. The molecule has 2 rings (SSSR count). The summed E-state index contributed by atoms with van der Waals surface area (Å²) in [5.74, 6) is 1.23. The minimum absolute atomic E-state index is 0.563. The molecular formula is C11H21N3S. The third-order valence-electron chi connectivity index (χ3n) is 3.18. The summed E-state index contributed by atoms with van der Waals surface area (Å²) in [4.78, 5) is 7.12. The molecule has 4 heteroatoms. The molecule has 0 saturated carbocycles. The Morgan fingerprint density at radius 2 is 2.40 bits per heavy atom. The van der Waals surface area contributed by atoms with Gasteiger partial charge in [0.05, 0.1) is 6.04 Å². The first-order valence-electron chi connectivity index (χ1n) is 5.93. The molecule has 1 fully saturated rings. The first kappa shape index (κ1) is 11.3. The van der Waals surface area contributed by atoms with E-state index in [1.54, 1.807) is 0 Å². The van der Waals surface area contributed by atoms with Gasteiger partial charge in [0.25, 0.3) is 0 Å². The molecule has 0 aromatic rings. The maximum Gasteiger partial charge on any atom is 0.157 e. The van der Waals surface area contributed by atoms with E-state index in [0.29, 0.717) is 12.1 Å². The predicted molar refractivity (Wildman–Crippen MR) is 67.6 cm³/mol. The third-order valence-corrected chi connectivity index (χ3v) is 4.12. The van der Waals surface area contributed by atoms with Gasteiger partial charge in [0.15, 0.2) is 5.17 Å². The van der Waals surface area contributed by atoms with Gasteiger partial charge in [0.1, 0.15) is 0 Å². The molecule has 0 radical (unpaired) electrons. The Morgan fingerprint density at radius 1 is 1.53 bits per heavy atom. The van der Waals surface area contributed by atoms with Crippen LogP contribution in [0.5, 0.6) is 0 Å². The van der Waals surface area contributed by atoms with E-state index < -0.39 is 0 Å². The van der Waals surface area contributed by atoms with E-state index >= 15 is 0 Å². The van der Waals surface area contributed by atoms with Gasteiger partial charge in [-0.3, -0.25) is 4.99 Å². The normalized spacial score (nSPS) is 32.8. The Hall–Kier alpha value is -0.220. The van der Waals surface area contributed by atoms with E-state index in [4.69, 9.17) is 4.99 Å². The van der Waals surface area contributed by atoms with Gasteiger partial charge in [-0.15, -0.1) is 0 Å². The van der Waals surface area contributed by atoms with Crippen molar-refractivity contribution in [2.24, 2.45) is 4.99 Å². The first-order valence-corrected chi connectivity index (χ1v) is 6.92. The summed E-state index contributed by atoms with van der Waals surface area (Å²) < 4.78 is 0. The van der Waals surface area contributed by atoms with Crippen LogP contribution >= 0.6 is 11.8 Å². The fourth-order valence-corrected chi connectivity index (χ4v) is 3.22. The topological polar surface area (TPSA) is 27.6 Å². The van der Waals surface area contributed by atoms with Crippen molar-refractivity contribution in [3.8, 4) is 0 Å². The van der Waals surface area contributed by atoms with E-state index in [2.05, 4.69) is 24.2 Å². The molecule has 1 saturated heterocycles. The van der Waals surface area contributed by atoms with E-state index in [0.717, 1.165) is 6.54 Å². The number of hydrogen-bond donors (Lipinski definition) is 1. The highest BCUT2D eigenvalue weighted by atomic mass is 32.2. The number of rotatable bonds is 2. The zero-order valence-corrected chi connectivity index (χ0v) is 10.5. The lowest BCUT2D eigenvalue weighted by molar-refractivity contribution is 0.407. The van der Waals surface area contributed by atoms with Crippen LogP contribution in [0.2, 0.25) is 0 Å². The van der Waals surface area contributed by atoms with Crippen molar-refractivity contribution in [2.45, 2.75) is 38.3 Å². The Labute approximate surface area is 96.7 Å². The van der Waals surface area contributed by atoms with Crippen molar-refractivity contribution >= 4 is 16.9 Å². The van der Waals surface area contributed by atoms with E-state index in [1.165, 1.54) is 36.7 Å². The average Bonchev–Trinajstić information content (AvgIpc) is 2.64. The molecule has 2 atom stereocenters. The van der Waals surface area contributed by atoms with Crippen LogP contribution in [0.25, 0.3) is 0 Å². The van der Waals surface area contributed by atoms with Crippen molar-refractivity contribution in [1.29, 1.82) is 0 Å². The number of nitrogens with one attached hydrogen (secondary N) is 1. The molecular weight excluding hydrogens is 206 g/mol. The molecule has 0 spiro atoms. The summed E-state index contributed by atoms with van der Waals surface area (Å²) in [5.41, 5.74) is 0. The fraction of sp³-hybridized carbons (Fsp3) is 0.909. The Balaban J connectivity index is 1.85. The van der Waals surface area contributed by atoms with Crippen LogP contribution in [0.4, 0.5) is 0 Å². The zero-order valence-electron chi connectivity index (χ0n) is 9.70. The first-order chi connectivity index (χ1) is 7.28. The van der Waals surface area contributed by atoms with E-state index in [1.807, 2.05) is 11.8 Å². The second-order valence-corrected chi connectivity index (χ2v) is 5.61. The molecule has 0 bridgehead atoms. The smallest absolute Gasteiger partial charge is 0.157 e. The Morgan fingerprint density at radius 3 is 3.07 bits per heavy atom. The monoisotopic (exact) mass is 227 g/mol. The number of hydrogen-bond acceptors (Lipinski definition) is 4. The standard InChI is InChI=1S/C11H21N3S/c1-3-9-5-7-15-11(12-9)13-10-4-6-14(2)8-10/h9-10H,3-8H2,1-2H3,(H,12,13). The largest absolute Gasteiger partial charge is 0.361 e. The second-order valence-electron chi connectivity index (χ2n) is 4.53. The maximum absolute atomic E-state index is 4.74. The van der Waals surface area contributed by atoms with Crippen LogP contribution in [0, 0.1) is 0 Å². The summed E-state index contributed by atoms with van der Waals surface area (Å²) in [7, 11) is 2.19. The maximum atomic E-state index is 4.74. The molecule has 0 aliphatic carbocycles. The lowest BCUT2D eigenvalue weighted by Gasteiger charge is -2.22. The van der Waals surface area contributed by atoms with Crippen molar-refractivity contribution in [1.82, 2.24) is 10.2 Å². The second kappa shape index (κ2) is 5.21. The molecule has 86 valence electrons. The number of likely N-dealkylation sites (N-methyl/N-ethyl adjacent to an activating group) is 1.